The van der Waals surface area contributed by atoms with Crippen LogP contribution in [-0.4, -0.2) is 61.5 Å². The Balaban J connectivity index is 1.52. The summed E-state index contributed by atoms with van der Waals surface area (Å²) >= 11 is 0. The minimum Gasteiger partial charge on any atom is -0.378 e. The summed E-state index contributed by atoms with van der Waals surface area (Å²) in [4.78, 5) is 19.5. The van der Waals surface area contributed by atoms with E-state index < -0.39 is 17.1 Å². The zero-order chi connectivity index (χ0) is 21.1. The minimum absolute atomic E-state index is 0.0959. The van der Waals surface area contributed by atoms with E-state index in [-0.39, 0.29) is 18.1 Å². The zero-order valence-electron chi connectivity index (χ0n) is 16.5. The van der Waals surface area contributed by atoms with Crippen LogP contribution >= 0.6 is 0 Å². The highest BCUT2D eigenvalue weighted by atomic mass is 19.1. The van der Waals surface area contributed by atoms with Gasteiger partial charge in [-0.1, -0.05) is 0 Å². The van der Waals surface area contributed by atoms with Crippen LogP contribution in [0.15, 0.2) is 36.4 Å². The molecule has 2 saturated heterocycles. The molecule has 160 valence electrons. The molecule has 4 rings (SSSR count). The van der Waals surface area contributed by atoms with Crippen molar-refractivity contribution in [3.05, 3.63) is 46.5 Å². The lowest BCUT2D eigenvalue weighted by atomic mass is 10.0. The van der Waals surface area contributed by atoms with Crippen molar-refractivity contribution in [1.82, 2.24) is 4.98 Å². The average molecular weight is 416 g/mol. The number of pyridine rings is 1. The molecule has 0 aliphatic carbocycles. The Morgan fingerprint density at radius 1 is 1.13 bits per heavy atom. The molecule has 2 aliphatic rings. The molecule has 10 heteroatoms. The average Bonchev–Trinajstić information content (AvgIpc) is 2.76. The molecule has 2 aliphatic heterocycles. The van der Waals surface area contributed by atoms with Crippen molar-refractivity contribution in [2.24, 2.45) is 5.73 Å². The fraction of sp³-hybridized carbons (Fsp3) is 0.450. The molecule has 1 aromatic carbocycles. The largest absolute Gasteiger partial charge is 0.378 e. The third-order valence-electron chi connectivity index (χ3n) is 5.48. The number of hydrogen-bond acceptors (Lipinski definition) is 8. The first-order valence-corrected chi connectivity index (χ1v) is 10.0. The smallest absolute Gasteiger partial charge is 0.311 e. The predicted octanol–water partition coefficient (Wildman–Crippen LogP) is 2.45. The van der Waals surface area contributed by atoms with Gasteiger partial charge in [-0.2, -0.15) is 0 Å². The van der Waals surface area contributed by atoms with Gasteiger partial charge in [-0.3, -0.25) is 10.1 Å². The molecular weight excluding hydrogens is 391 g/mol. The summed E-state index contributed by atoms with van der Waals surface area (Å²) < 4.78 is 19.3. The topological polar surface area (TPSA) is 110 Å². The van der Waals surface area contributed by atoms with Gasteiger partial charge in [-0.25, -0.2) is 9.37 Å². The van der Waals surface area contributed by atoms with E-state index in [1.807, 2.05) is 34.1 Å². The van der Waals surface area contributed by atoms with Crippen LogP contribution in [0.1, 0.15) is 6.42 Å². The number of benzene rings is 1. The van der Waals surface area contributed by atoms with Crippen molar-refractivity contribution >= 4 is 28.7 Å². The molecule has 2 atom stereocenters. The van der Waals surface area contributed by atoms with Crippen LogP contribution in [0.3, 0.4) is 0 Å². The highest BCUT2D eigenvalue weighted by molar-refractivity contribution is 5.69. The molecule has 3 N–H and O–H groups in total. The predicted molar refractivity (Wildman–Crippen MR) is 113 cm³/mol. The standard InChI is InChI=1S/C20H25FN6O3/c21-16-13-26(8-7-17(16)22)15-3-1-14(2-4-15)23-20-18(27(28)29)5-6-19(24-20)25-9-11-30-12-10-25/h1-6,16-17H,7-13,22H2,(H,23,24). The number of morpholine rings is 1. The second-order valence-electron chi connectivity index (χ2n) is 7.48. The second kappa shape index (κ2) is 8.80. The summed E-state index contributed by atoms with van der Waals surface area (Å²) in [7, 11) is 0. The number of nitro groups is 1. The molecule has 1 aromatic heterocycles. The van der Waals surface area contributed by atoms with Gasteiger partial charge < -0.3 is 25.6 Å². The van der Waals surface area contributed by atoms with E-state index in [2.05, 4.69) is 10.3 Å². The lowest BCUT2D eigenvalue weighted by molar-refractivity contribution is -0.384. The summed E-state index contributed by atoms with van der Waals surface area (Å²) in [6.45, 7) is 3.54. The maximum absolute atomic E-state index is 13.9. The first-order valence-electron chi connectivity index (χ1n) is 10.0. The SMILES string of the molecule is NC1CCN(c2ccc(Nc3nc(N4CCOCC4)ccc3[N+](=O)[O-])cc2)CC1F. The molecule has 2 fully saturated rings. The Morgan fingerprint density at radius 3 is 2.53 bits per heavy atom. The van der Waals surface area contributed by atoms with E-state index in [1.165, 1.54) is 6.07 Å². The number of rotatable bonds is 5. The molecule has 2 unspecified atom stereocenters. The van der Waals surface area contributed by atoms with Crippen molar-refractivity contribution in [3.8, 4) is 0 Å². The van der Waals surface area contributed by atoms with Crippen LogP contribution in [0.4, 0.5) is 33.1 Å². The summed E-state index contributed by atoms with van der Waals surface area (Å²) in [5, 5.41) is 14.5. The van der Waals surface area contributed by atoms with E-state index in [1.54, 1.807) is 6.07 Å². The molecule has 0 amide bonds. The van der Waals surface area contributed by atoms with Gasteiger partial charge in [-0.15, -0.1) is 0 Å². The lowest BCUT2D eigenvalue weighted by Gasteiger charge is -2.34. The van der Waals surface area contributed by atoms with Gasteiger partial charge in [-0.05, 0) is 36.8 Å². The second-order valence-corrected chi connectivity index (χ2v) is 7.48. The third-order valence-corrected chi connectivity index (χ3v) is 5.48. The summed E-state index contributed by atoms with van der Waals surface area (Å²) in [6, 6.07) is 10.1. The quantitative estimate of drug-likeness (QED) is 0.565. The molecule has 2 aromatic rings. The molecule has 0 saturated carbocycles. The lowest BCUT2D eigenvalue weighted by Crippen LogP contribution is -2.48. The molecule has 0 bridgehead atoms. The van der Waals surface area contributed by atoms with Crippen molar-refractivity contribution in [2.75, 3.05) is 54.5 Å². The van der Waals surface area contributed by atoms with Crippen molar-refractivity contribution in [3.63, 3.8) is 0 Å². The molecular formula is C20H25FN6O3. The van der Waals surface area contributed by atoms with Gasteiger partial charge in [0, 0.05) is 43.1 Å². The number of ether oxygens (including phenoxy) is 1. The van der Waals surface area contributed by atoms with Crippen molar-refractivity contribution in [2.45, 2.75) is 18.6 Å². The fourth-order valence-electron chi connectivity index (χ4n) is 3.70. The highest BCUT2D eigenvalue weighted by Gasteiger charge is 2.26. The number of nitrogens with one attached hydrogen (secondary N) is 1. The van der Waals surface area contributed by atoms with Gasteiger partial charge in [0.1, 0.15) is 12.0 Å². The maximum atomic E-state index is 13.9. The number of halogens is 1. The minimum atomic E-state index is -1.05. The van der Waals surface area contributed by atoms with Crippen molar-refractivity contribution < 1.29 is 14.1 Å². The van der Waals surface area contributed by atoms with Crippen LogP contribution < -0.4 is 20.9 Å². The fourth-order valence-corrected chi connectivity index (χ4v) is 3.70. The summed E-state index contributed by atoms with van der Waals surface area (Å²) in [5.41, 5.74) is 7.21. The van der Waals surface area contributed by atoms with Gasteiger partial charge >= 0.3 is 5.69 Å². The normalized spacial score (nSPS) is 22.1. The van der Waals surface area contributed by atoms with E-state index in [9.17, 15) is 14.5 Å². The summed E-state index contributed by atoms with van der Waals surface area (Å²) in [5.74, 6) is 0.853. The molecule has 0 radical (unpaired) electrons. The monoisotopic (exact) mass is 416 g/mol. The van der Waals surface area contributed by atoms with Gasteiger partial charge in [0.2, 0.25) is 5.82 Å². The number of alkyl halides is 1. The van der Waals surface area contributed by atoms with Crippen LogP contribution in [0.5, 0.6) is 0 Å². The Bertz CT molecular complexity index is 891. The summed E-state index contributed by atoms with van der Waals surface area (Å²) in [6.07, 6.45) is -0.447. The van der Waals surface area contributed by atoms with E-state index >= 15 is 0 Å². The Morgan fingerprint density at radius 2 is 1.87 bits per heavy atom. The zero-order valence-corrected chi connectivity index (χ0v) is 16.5. The van der Waals surface area contributed by atoms with Gasteiger partial charge in [0.05, 0.1) is 24.7 Å². The Labute approximate surface area is 173 Å². The number of piperidine rings is 1. The Kier molecular flexibility index (Phi) is 5.96. The number of aromatic nitrogens is 1. The number of anilines is 4. The van der Waals surface area contributed by atoms with Crippen LogP contribution in [0.25, 0.3) is 0 Å². The van der Waals surface area contributed by atoms with Gasteiger partial charge in [0.25, 0.3) is 0 Å². The number of hydrogen-bond donors (Lipinski definition) is 2. The number of nitrogens with two attached hydrogens (primary N) is 1. The highest BCUT2D eigenvalue weighted by Crippen LogP contribution is 2.30. The first-order chi connectivity index (χ1) is 14.5. The van der Waals surface area contributed by atoms with Crippen molar-refractivity contribution in [1.29, 1.82) is 0 Å². The maximum Gasteiger partial charge on any atom is 0.311 e. The molecule has 0 spiro atoms. The first kappa shape index (κ1) is 20.3. The van der Waals surface area contributed by atoms with Gasteiger partial charge in [0.15, 0.2) is 0 Å². The molecule has 3 heterocycles. The van der Waals surface area contributed by atoms with E-state index in [0.717, 1.165) is 5.69 Å². The van der Waals surface area contributed by atoms with E-state index in [4.69, 9.17) is 10.5 Å². The van der Waals surface area contributed by atoms with Crippen LogP contribution in [0.2, 0.25) is 0 Å². The molecule has 30 heavy (non-hydrogen) atoms. The van der Waals surface area contributed by atoms with E-state index in [0.29, 0.717) is 50.8 Å². The Hall–Kier alpha value is -2.98. The molecule has 9 nitrogen and oxygen atoms in total. The van der Waals surface area contributed by atoms with Crippen LogP contribution in [0, 0.1) is 10.1 Å². The van der Waals surface area contributed by atoms with Crippen LogP contribution in [-0.2, 0) is 4.74 Å². The number of nitrogens with zero attached hydrogens (tertiary/aromatic N) is 4. The third kappa shape index (κ3) is 4.44.